The van der Waals surface area contributed by atoms with Gasteiger partial charge in [-0.2, -0.15) is 0 Å². The number of nitrogens with zero attached hydrogens (tertiary/aromatic N) is 1. The summed E-state index contributed by atoms with van der Waals surface area (Å²) in [4.78, 5) is 14.2. The van der Waals surface area contributed by atoms with Crippen LogP contribution in [0.2, 0.25) is 0 Å². The monoisotopic (exact) mass is 289 g/mol. The van der Waals surface area contributed by atoms with Crippen LogP contribution in [-0.2, 0) is 20.8 Å². The highest BCUT2D eigenvalue weighted by Crippen LogP contribution is 2.26. The van der Waals surface area contributed by atoms with Crippen molar-refractivity contribution in [1.82, 2.24) is 4.90 Å². The molecule has 21 heavy (non-hydrogen) atoms. The molecule has 1 amide bonds. The molecule has 1 aliphatic rings. The zero-order chi connectivity index (χ0) is 15.1. The van der Waals surface area contributed by atoms with E-state index in [2.05, 4.69) is 6.58 Å². The van der Waals surface area contributed by atoms with Crippen LogP contribution in [0, 0.1) is 0 Å². The van der Waals surface area contributed by atoms with Crippen molar-refractivity contribution < 1.29 is 14.3 Å². The Labute approximate surface area is 126 Å². The van der Waals surface area contributed by atoms with Gasteiger partial charge in [0, 0.05) is 20.1 Å². The Morgan fingerprint density at radius 1 is 1.38 bits per heavy atom. The number of hydrogen-bond acceptors (Lipinski definition) is 3. The molecule has 1 saturated heterocycles. The molecule has 2 rings (SSSR count). The molecule has 0 saturated carbocycles. The van der Waals surface area contributed by atoms with E-state index in [1.807, 2.05) is 41.3 Å². The summed E-state index contributed by atoms with van der Waals surface area (Å²) >= 11 is 0. The van der Waals surface area contributed by atoms with Gasteiger partial charge in [-0.3, -0.25) is 4.79 Å². The molecule has 4 nitrogen and oxygen atoms in total. The van der Waals surface area contributed by atoms with E-state index in [1.165, 1.54) is 0 Å². The summed E-state index contributed by atoms with van der Waals surface area (Å²) in [6.07, 6.45) is 3.85. The first-order chi connectivity index (χ1) is 10.3. The van der Waals surface area contributed by atoms with Crippen LogP contribution < -0.4 is 0 Å². The fourth-order valence-electron chi connectivity index (χ4n) is 2.77. The molecule has 2 atom stereocenters. The minimum absolute atomic E-state index is 0.00404. The van der Waals surface area contributed by atoms with Gasteiger partial charge in [0.2, 0.25) is 5.91 Å². The summed E-state index contributed by atoms with van der Waals surface area (Å²) in [5, 5.41) is 0. The number of amides is 1. The molecule has 1 aliphatic heterocycles. The third-order valence-electron chi connectivity index (χ3n) is 3.80. The Kier molecular flexibility index (Phi) is 5.96. The van der Waals surface area contributed by atoms with Crippen LogP contribution in [0.15, 0.2) is 43.0 Å². The zero-order valence-electron chi connectivity index (χ0n) is 12.5. The van der Waals surface area contributed by atoms with E-state index in [9.17, 15) is 4.79 Å². The Bertz CT molecular complexity index is 460. The van der Waals surface area contributed by atoms with Crippen LogP contribution in [0.5, 0.6) is 0 Å². The molecule has 0 spiro atoms. The number of benzene rings is 1. The highest BCUT2D eigenvalue weighted by molar-refractivity contribution is 5.77. The summed E-state index contributed by atoms with van der Waals surface area (Å²) < 4.78 is 10.7. The molecule has 0 unspecified atom stereocenters. The highest BCUT2D eigenvalue weighted by Gasteiger charge is 2.35. The number of rotatable bonds is 7. The maximum absolute atomic E-state index is 12.3. The SMILES string of the molecule is C=CC[C@H]1[C@@H](OCOC)CCC(=O)N1Cc1ccccc1. The predicted molar refractivity (Wildman–Crippen MR) is 81.6 cm³/mol. The van der Waals surface area contributed by atoms with Gasteiger partial charge in [-0.05, 0) is 18.4 Å². The van der Waals surface area contributed by atoms with Crippen molar-refractivity contribution in [2.45, 2.75) is 38.0 Å². The third-order valence-corrected chi connectivity index (χ3v) is 3.80. The maximum Gasteiger partial charge on any atom is 0.223 e. The van der Waals surface area contributed by atoms with Gasteiger partial charge >= 0.3 is 0 Å². The van der Waals surface area contributed by atoms with E-state index in [0.29, 0.717) is 13.0 Å². The lowest BCUT2D eigenvalue weighted by atomic mass is 9.94. The summed E-state index contributed by atoms with van der Waals surface area (Å²) in [5.41, 5.74) is 1.13. The topological polar surface area (TPSA) is 38.8 Å². The fourth-order valence-corrected chi connectivity index (χ4v) is 2.77. The smallest absolute Gasteiger partial charge is 0.223 e. The second kappa shape index (κ2) is 7.96. The lowest BCUT2D eigenvalue weighted by Gasteiger charge is -2.40. The molecular formula is C17H23NO3. The van der Waals surface area contributed by atoms with E-state index in [1.54, 1.807) is 7.11 Å². The van der Waals surface area contributed by atoms with Crippen molar-refractivity contribution >= 4 is 5.91 Å². The number of likely N-dealkylation sites (tertiary alicyclic amines) is 1. The van der Waals surface area contributed by atoms with E-state index < -0.39 is 0 Å². The van der Waals surface area contributed by atoms with E-state index in [-0.39, 0.29) is 24.8 Å². The zero-order valence-corrected chi connectivity index (χ0v) is 12.5. The lowest BCUT2D eigenvalue weighted by molar-refractivity contribution is -0.154. The van der Waals surface area contributed by atoms with E-state index in [4.69, 9.17) is 9.47 Å². The number of carbonyl (C=O) groups is 1. The van der Waals surface area contributed by atoms with Crippen molar-refractivity contribution in [2.75, 3.05) is 13.9 Å². The Morgan fingerprint density at radius 2 is 2.14 bits per heavy atom. The summed E-state index contributed by atoms with van der Waals surface area (Å²) in [6, 6.07) is 10.1. The van der Waals surface area contributed by atoms with Gasteiger partial charge in [0.15, 0.2) is 0 Å². The molecule has 1 aromatic carbocycles. The van der Waals surface area contributed by atoms with Crippen molar-refractivity contribution in [3.63, 3.8) is 0 Å². The number of methoxy groups -OCH3 is 1. The highest BCUT2D eigenvalue weighted by atomic mass is 16.7. The average Bonchev–Trinajstić information content (AvgIpc) is 2.51. The molecule has 0 aromatic heterocycles. The molecular weight excluding hydrogens is 266 g/mol. The van der Waals surface area contributed by atoms with Gasteiger partial charge in [-0.1, -0.05) is 36.4 Å². The van der Waals surface area contributed by atoms with Gasteiger partial charge in [0.25, 0.3) is 0 Å². The molecule has 1 aromatic rings. The van der Waals surface area contributed by atoms with E-state index in [0.717, 1.165) is 18.4 Å². The molecule has 4 heteroatoms. The summed E-state index contributed by atoms with van der Waals surface area (Å²) in [7, 11) is 1.61. The standard InChI is InChI=1S/C17H23NO3/c1-3-7-15-16(21-13-20-2)10-11-17(19)18(15)12-14-8-5-4-6-9-14/h3-6,8-9,15-16H,1,7,10-13H2,2H3/t15-,16-/m0/s1. The molecule has 114 valence electrons. The van der Waals surface area contributed by atoms with Crippen LogP contribution >= 0.6 is 0 Å². The molecule has 1 heterocycles. The third kappa shape index (κ3) is 4.16. The average molecular weight is 289 g/mol. The number of carbonyl (C=O) groups excluding carboxylic acids is 1. The summed E-state index contributed by atoms with van der Waals surface area (Å²) in [6.45, 7) is 4.68. The van der Waals surface area contributed by atoms with Crippen molar-refractivity contribution in [3.8, 4) is 0 Å². The van der Waals surface area contributed by atoms with Gasteiger partial charge in [0.1, 0.15) is 6.79 Å². The largest absolute Gasteiger partial charge is 0.359 e. The quantitative estimate of drug-likeness (QED) is 0.572. The Balaban J connectivity index is 2.13. The van der Waals surface area contributed by atoms with Crippen molar-refractivity contribution in [2.24, 2.45) is 0 Å². The van der Waals surface area contributed by atoms with Crippen LogP contribution in [-0.4, -0.2) is 36.9 Å². The minimum atomic E-state index is 0.00404. The van der Waals surface area contributed by atoms with Crippen molar-refractivity contribution in [3.05, 3.63) is 48.6 Å². The van der Waals surface area contributed by atoms with Gasteiger partial charge in [-0.25, -0.2) is 0 Å². The van der Waals surface area contributed by atoms with Gasteiger partial charge in [-0.15, -0.1) is 6.58 Å². The first-order valence-electron chi connectivity index (χ1n) is 7.31. The van der Waals surface area contributed by atoms with Crippen molar-refractivity contribution in [1.29, 1.82) is 0 Å². The first kappa shape index (κ1) is 15.7. The maximum atomic E-state index is 12.3. The Morgan fingerprint density at radius 3 is 2.81 bits per heavy atom. The fraction of sp³-hybridized carbons (Fsp3) is 0.471. The molecule has 0 radical (unpaired) electrons. The lowest BCUT2D eigenvalue weighted by Crippen LogP contribution is -2.51. The second-order valence-corrected chi connectivity index (χ2v) is 5.25. The molecule has 0 aliphatic carbocycles. The number of hydrogen-bond donors (Lipinski definition) is 0. The van der Waals surface area contributed by atoms with Crippen LogP contribution in [0.4, 0.5) is 0 Å². The van der Waals surface area contributed by atoms with Crippen LogP contribution in [0.1, 0.15) is 24.8 Å². The van der Waals surface area contributed by atoms with Crippen LogP contribution in [0.3, 0.4) is 0 Å². The number of piperidine rings is 1. The van der Waals surface area contributed by atoms with E-state index >= 15 is 0 Å². The first-order valence-corrected chi connectivity index (χ1v) is 7.31. The molecule has 0 bridgehead atoms. The second-order valence-electron chi connectivity index (χ2n) is 5.25. The molecule has 0 N–H and O–H groups in total. The summed E-state index contributed by atoms with van der Waals surface area (Å²) in [5.74, 6) is 0.183. The molecule has 1 fully saturated rings. The Hall–Kier alpha value is -1.65. The number of ether oxygens (including phenoxy) is 2. The predicted octanol–water partition coefficient (Wildman–Crippen LogP) is 2.74. The normalized spacial score (nSPS) is 22.3. The van der Waals surface area contributed by atoms with Gasteiger partial charge < -0.3 is 14.4 Å². The minimum Gasteiger partial charge on any atom is -0.359 e. The van der Waals surface area contributed by atoms with Gasteiger partial charge in [0.05, 0.1) is 12.1 Å². The van der Waals surface area contributed by atoms with Crippen LogP contribution in [0.25, 0.3) is 0 Å².